The quantitative estimate of drug-likeness (QED) is 0.463. The van der Waals surface area contributed by atoms with Crippen molar-refractivity contribution in [2.75, 3.05) is 34.3 Å². The van der Waals surface area contributed by atoms with Crippen molar-refractivity contribution in [2.24, 2.45) is 0 Å². The highest BCUT2D eigenvalue weighted by Gasteiger charge is 2.46. The fraction of sp³-hybridized carbons (Fsp3) is 0.304. The molecule has 29 heavy (non-hydrogen) atoms. The maximum absolute atomic E-state index is 13.0. The van der Waals surface area contributed by atoms with E-state index in [4.69, 9.17) is 4.74 Å². The Hall–Kier alpha value is -3.12. The molecule has 1 saturated heterocycles. The number of carbonyl (C=O) groups is 2. The Balaban J connectivity index is 2.21. The lowest BCUT2D eigenvalue weighted by Gasteiger charge is -2.27. The van der Waals surface area contributed by atoms with Crippen LogP contribution in [0.2, 0.25) is 0 Å². The van der Waals surface area contributed by atoms with Gasteiger partial charge in [-0.1, -0.05) is 36.4 Å². The van der Waals surface area contributed by atoms with Crippen LogP contribution in [0.25, 0.3) is 5.76 Å². The van der Waals surface area contributed by atoms with Crippen molar-refractivity contribution in [2.45, 2.75) is 13.0 Å². The van der Waals surface area contributed by atoms with Gasteiger partial charge in [0.25, 0.3) is 11.7 Å². The van der Waals surface area contributed by atoms with Gasteiger partial charge in [-0.2, -0.15) is 0 Å². The van der Waals surface area contributed by atoms with Gasteiger partial charge < -0.3 is 19.6 Å². The number of hydrogen-bond acceptors (Lipinski definition) is 5. The molecule has 2 aromatic carbocycles. The van der Waals surface area contributed by atoms with Crippen molar-refractivity contribution in [1.82, 2.24) is 9.80 Å². The first-order valence-corrected chi connectivity index (χ1v) is 9.48. The fourth-order valence-corrected chi connectivity index (χ4v) is 3.62. The smallest absolute Gasteiger partial charge is 0.295 e. The van der Waals surface area contributed by atoms with E-state index >= 15 is 0 Å². The largest absolute Gasteiger partial charge is 0.507 e. The molecule has 2 aromatic rings. The third-order valence-corrected chi connectivity index (χ3v) is 5.17. The Morgan fingerprint density at radius 3 is 2.41 bits per heavy atom. The number of aliphatic hydroxyl groups excluding tert-OH is 1. The molecule has 6 heteroatoms. The minimum absolute atomic E-state index is 0.0903. The molecule has 0 aromatic heterocycles. The van der Waals surface area contributed by atoms with E-state index in [0.717, 1.165) is 11.1 Å². The van der Waals surface area contributed by atoms with E-state index in [9.17, 15) is 14.7 Å². The Morgan fingerprint density at radius 2 is 1.76 bits per heavy atom. The van der Waals surface area contributed by atoms with Gasteiger partial charge in [0.05, 0.1) is 24.3 Å². The number of nitrogens with zero attached hydrogens (tertiary/aromatic N) is 2. The molecule has 1 atom stereocenters. The molecule has 6 nitrogen and oxygen atoms in total. The Kier molecular flexibility index (Phi) is 6.03. The van der Waals surface area contributed by atoms with Crippen LogP contribution < -0.4 is 4.74 Å². The van der Waals surface area contributed by atoms with Crippen LogP contribution in [0.3, 0.4) is 0 Å². The molecule has 152 valence electrons. The van der Waals surface area contributed by atoms with Crippen LogP contribution in [0.5, 0.6) is 5.75 Å². The molecule has 1 aliphatic heterocycles. The van der Waals surface area contributed by atoms with E-state index in [1.165, 1.54) is 7.11 Å². The number of benzene rings is 2. The first-order chi connectivity index (χ1) is 13.9. The van der Waals surface area contributed by atoms with Crippen LogP contribution in [0, 0.1) is 6.92 Å². The Morgan fingerprint density at radius 1 is 1.10 bits per heavy atom. The molecule has 0 spiro atoms. The normalized spacial score (nSPS) is 18.5. The Labute approximate surface area is 171 Å². The van der Waals surface area contributed by atoms with Gasteiger partial charge in [-0.3, -0.25) is 9.59 Å². The van der Waals surface area contributed by atoms with Gasteiger partial charge in [0.2, 0.25) is 0 Å². The number of amides is 1. The highest BCUT2D eigenvalue weighted by Crippen LogP contribution is 2.41. The summed E-state index contributed by atoms with van der Waals surface area (Å²) < 4.78 is 5.35. The summed E-state index contributed by atoms with van der Waals surface area (Å²) in [6.45, 7) is 2.91. The zero-order chi connectivity index (χ0) is 21.1. The summed E-state index contributed by atoms with van der Waals surface area (Å²) in [4.78, 5) is 29.4. The lowest BCUT2D eigenvalue weighted by atomic mass is 9.92. The van der Waals surface area contributed by atoms with E-state index < -0.39 is 17.7 Å². The molecule has 0 aliphatic carbocycles. The highest BCUT2D eigenvalue weighted by molar-refractivity contribution is 6.46. The van der Waals surface area contributed by atoms with Gasteiger partial charge in [-0.15, -0.1) is 0 Å². The molecule has 1 amide bonds. The van der Waals surface area contributed by atoms with Crippen molar-refractivity contribution in [3.8, 4) is 5.75 Å². The summed E-state index contributed by atoms with van der Waals surface area (Å²) in [5, 5.41) is 11.1. The van der Waals surface area contributed by atoms with E-state index in [0.29, 0.717) is 24.4 Å². The Bertz CT molecular complexity index is 965. The van der Waals surface area contributed by atoms with Crippen LogP contribution in [-0.2, 0) is 9.59 Å². The number of rotatable bonds is 6. The fourth-order valence-electron chi connectivity index (χ4n) is 3.62. The summed E-state index contributed by atoms with van der Waals surface area (Å²) in [5.41, 5.74) is 2.24. The van der Waals surface area contributed by atoms with Crippen LogP contribution in [0.4, 0.5) is 0 Å². The minimum atomic E-state index is -0.680. The summed E-state index contributed by atoms with van der Waals surface area (Å²) in [7, 11) is 5.32. The lowest BCUT2D eigenvalue weighted by molar-refractivity contribution is -0.140. The number of ether oxygens (including phenoxy) is 1. The first kappa shape index (κ1) is 20.6. The molecular formula is C23H26N2O4. The van der Waals surface area contributed by atoms with Crippen molar-refractivity contribution < 1.29 is 19.4 Å². The van der Waals surface area contributed by atoms with Crippen LogP contribution in [-0.4, -0.2) is 60.9 Å². The second-order valence-corrected chi connectivity index (χ2v) is 7.35. The number of methoxy groups -OCH3 is 1. The van der Waals surface area contributed by atoms with Crippen LogP contribution in [0.15, 0.2) is 54.1 Å². The third kappa shape index (κ3) is 3.89. The molecule has 3 rings (SSSR count). The summed E-state index contributed by atoms with van der Waals surface area (Å²) >= 11 is 0. The van der Waals surface area contributed by atoms with Crippen LogP contribution in [0.1, 0.15) is 22.7 Å². The highest BCUT2D eigenvalue weighted by atomic mass is 16.5. The molecular weight excluding hydrogens is 368 g/mol. The van der Waals surface area contributed by atoms with E-state index in [1.807, 2.05) is 50.2 Å². The second kappa shape index (κ2) is 8.49. The number of likely N-dealkylation sites (N-methyl/N-ethyl adjacent to an activating group) is 1. The predicted octanol–water partition coefficient (Wildman–Crippen LogP) is 2.99. The molecule has 0 bridgehead atoms. The maximum Gasteiger partial charge on any atom is 0.295 e. The molecule has 0 radical (unpaired) electrons. The zero-order valence-electron chi connectivity index (χ0n) is 17.2. The van der Waals surface area contributed by atoms with Gasteiger partial charge in [-0.25, -0.2) is 0 Å². The monoisotopic (exact) mass is 394 g/mol. The number of ketones is 1. The summed E-state index contributed by atoms with van der Waals surface area (Å²) in [6.07, 6.45) is 0. The number of likely N-dealkylation sites (tertiary alicyclic amines) is 1. The van der Waals surface area contributed by atoms with Crippen molar-refractivity contribution in [3.63, 3.8) is 0 Å². The molecule has 1 unspecified atom stereocenters. The van der Waals surface area contributed by atoms with E-state index in [2.05, 4.69) is 0 Å². The average Bonchev–Trinajstić information content (AvgIpc) is 2.96. The van der Waals surface area contributed by atoms with Gasteiger partial charge in [0, 0.05) is 13.1 Å². The molecule has 1 heterocycles. The first-order valence-electron chi connectivity index (χ1n) is 9.48. The van der Waals surface area contributed by atoms with Gasteiger partial charge in [0.1, 0.15) is 11.5 Å². The summed E-state index contributed by atoms with van der Waals surface area (Å²) in [5.74, 6) is -1.06. The predicted molar refractivity (Wildman–Crippen MR) is 112 cm³/mol. The SMILES string of the molecule is COc1ccccc1/C(O)=C1\C(=O)C(=O)N(CCN(C)C)C1c1ccccc1C. The standard InChI is InChI=1S/C23H26N2O4/c1-15-9-5-6-10-16(15)20-19(21(26)17-11-7-8-12-18(17)29-4)22(27)23(28)25(20)14-13-24(2)3/h5-12,20,26H,13-14H2,1-4H3/b21-19+. The topological polar surface area (TPSA) is 70.1 Å². The number of para-hydroxylation sites is 1. The number of Topliss-reactive ketones (excluding diaryl/α,β-unsaturated/α-hetero) is 1. The molecule has 1 aliphatic rings. The second-order valence-electron chi connectivity index (χ2n) is 7.35. The molecule has 1 fully saturated rings. The number of aryl methyl sites for hydroxylation is 1. The van der Waals surface area contributed by atoms with E-state index in [1.54, 1.807) is 29.2 Å². The maximum atomic E-state index is 13.0. The summed E-state index contributed by atoms with van der Waals surface area (Å²) in [6, 6.07) is 13.9. The molecule has 0 saturated carbocycles. The third-order valence-electron chi connectivity index (χ3n) is 5.17. The number of hydrogen-bond donors (Lipinski definition) is 1. The van der Waals surface area contributed by atoms with Gasteiger partial charge in [0.15, 0.2) is 0 Å². The lowest BCUT2D eigenvalue weighted by Crippen LogP contribution is -2.35. The van der Waals surface area contributed by atoms with Crippen LogP contribution >= 0.6 is 0 Å². The average molecular weight is 394 g/mol. The van der Waals surface area contributed by atoms with Crippen molar-refractivity contribution >= 4 is 17.4 Å². The van der Waals surface area contributed by atoms with Gasteiger partial charge in [-0.05, 0) is 44.3 Å². The van der Waals surface area contributed by atoms with Gasteiger partial charge >= 0.3 is 0 Å². The van der Waals surface area contributed by atoms with E-state index in [-0.39, 0.29) is 11.3 Å². The number of aliphatic hydroxyl groups is 1. The molecule has 1 N–H and O–H groups in total. The zero-order valence-corrected chi connectivity index (χ0v) is 17.2. The van der Waals surface area contributed by atoms with Crippen molar-refractivity contribution in [3.05, 3.63) is 70.8 Å². The van der Waals surface area contributed by atoms with Crippen molar-refractivity contribution in [1.29, 1.82) is 0 Å². The minimum Gasteiger partial charge on any atom is -0.507 e. The number of carbonyl (C=O) groups excluding carboxylic acids is 2.